The van der Waals surface area contributed by atoms with E-state index in [1.165, 1.54) is 0 Å². The first-order valence-electron chi connectivity index (χ1n) is 8.06. The Hall–Kier alpha value is -2.17. The molecule has 2 aromatic heterocycles. The summed E-state index contributed by atoms with van der Waals surface area (Å²) < 4.78 is 0. The normalized spacial score (nSPS) is 16.5. The largest absolute Gasteiger partial charge is 0.383 e. The number of hydrogen-bond donors (Lipinski definition) is 2. The molecule has 0 amide bonds. The lowest BCUT2D eigenvalue weighted by molar-refractivity contribution is 0.568. The van der Waals surface area contributed by atoms with E-state index in [1.807, 2.05) is 0 Å². The SMILES string of the molecule is CCCSc1ncc(-c2c(C#N)c(N)nc3c2CC(N)CC3)cn1. The van der Waals surface area contributed by atoms with E-state index in [0.29, 0.717) is 12.0 Å². The highest BCUT2D eigenvalue weighted by atomic mass is 32.2. The lowest BCUT2D eigenvalue weighted by Crippen LogP contribution is -2.29. The van der Waals surface area contributed by atoms with E-state index in [2.05, 4.69) is 27.9 Å². The molecule has 0 aliphatic heterocycles. The Bertz CT molecular complexity index is 781. The number of anilines is 1. The number of nitrogens with two attached hydrogens (primary N) is 2. The average Bonchev–Trinajstić information content (AvgIpc) is 2.60. The number of nitrogens with zero attached hydrogens (tertiary/aromatic N) is 4. The molecule has 124 valence electrons. The number of thioether (sulfide) groups is 1. The summed E-state index contributed by atoms with van der Waals surface area (Å²) in [7, 11) is 0. The fraction of sp³-hybridized carbons (Fsp3) is 0.412. The number of hydrogen-bond acceptors (Lipinski definition) is 7. The van der Waals surface area contributed by atoms with Gasteiger partial charge in [-0.05, 0) is 31.2 Å². The molecule has 1 aliphatic carbocycles. The van der Waals surface area contributed by atoms with Crippen LogP contribution in [0.25, 0.3) is 11.1 Å². The van der Waals surface area contributed by atoms with Gasteiger partial charge in [-0.25, -0.2) is 15.0 Å². The van der Waals surface area contributed by atoms with Crippen molar-refractivity contribution < 1.29 is 0 Å². The molecule has 1 atom stereocenters. The molecule has 4 N–H and O–H groups in total. The summed E-state index contributed by atoms with van der Waals surface area (Å²) in [6.45, 7) is 2.12. The van der Waals surface area contributed by atoms with Crippen molar-refractivity contribution in [2.45, 2.75) is 43.8 Å². The fourth-order valence-corrected chi connectivity index (χ4v) is 3.59. The summed E-state index contributed by atoms with van der Waals surface area (Å²) in [5.74, 6) is 1.25. The van der Waals surface area contributed by atoms with Crippen LogP contribution < -0.4 is 11.5 Å². The first-order valence-corrected chi connectivity index (χ1v) is 9.04. The maximum Gasteiger partial charge on any atom is 0.187 e. The molecule has 0 bridgehead atoms. The second-order valence-corrected chi connectivity index (χ2v) is 6.95. The highest BCUT2D eigenvalue weighted by Gasteiger charge is 2.25. The van der Waals surface area contributed by atoms with Crippen molar-refractivity contribution in [3.05, 3.63) is 29.2 Å². The van der Waals surface area contributed by atoms with Crippen LogP contribution in [0.4, 0.5) is 5.82 Å². The van der Waals surface area contributed by atoms with Crippen LogP contribution in [-0.2, 0) is 12.8 Å². The van der Waals surface area contributed by atoms with Gasteiger partial charge in [0.25, 0.3) is 0 Å². The van der Waals surface area contributed by atoms with Gasteiger partial charge >= 0.3 is 0 Å². The molecule has 0 radical (unpaired) electrons. The van der Waals surface area contributed by atoms with Gasteiger partial charge in [0.05, 0.1) is 0 Å². The molecule has 6 nitrogen and oxygen atoms in total. The topological polar surface area (TPSA) is 114 Å². The lowest BCUT2D eigenvalue weighted by atomic mass is 9.85. The maximum atomic E-state index is 9.55. The smallest absolute Gasteiger partial charge is 0.187 e. The van der Waals surface area contributed by atoms with Gasteiger partial charge in [0.2, 0.25) is 0 Å². The molecule has 7 heteroatoms. The van der Waals surface area contributed by atoms with Gasteiger partial charge in [-0.15, -0.1) is 0 Å². The summed E-state index contributed by atoms with van der Waals surface area (Å²) in [5.41, 5.74) is 16.1. The lowest BCUT2D eigenvalue weighted by Gasteiger charge is -2.24. The number of pyridine rings is 1. The first-order chi connectivity index (χ1) is 11.6. The van der Waals surface area contributed by atoms with Crippen molar-refractivity contribution in [2.24, 2.45) is 5.73 Å². The minimum absolute atomic E-state index is 0.0773. The minimum atomic E-state index is 0.0773. The number of nitrogen functional groups attached to an aromatic ring is 1. The molecule has 0 saturated heterocycles. The Kier molecular flexibility index (Phi) is 4.97. The van der Waals surface area contributed by atoms with E-state index in [1.54, 1.807) is 24.2 Å². The molecule has 1 unspecified atom stereocenters. The molecule has 2 aromatic rings. The molecule has 1 aliphatic rings. The fourth-order valence-electron chi connectivity index (χ4n) is 2.95. The zero-order chi connectivity index (χ0) is 17.1. The second-order valence-electron chi connectivity index (χ2n) is 5.89. The second kappa shape index (κ2) is 7.16. The van der Waals surface area contributed by atoms with Crippen LogP contribution in [0.3, 0.4) is 0 Å². The predicted molar refractivity (Wildman–Crippen MR) is 95.4 cm³/mol. The van der Waals surface area contributed by atoms with Crippen LogP contribution in [-0.4, -0.2) is 26.7 Å². The summed E-state index contributed by atoms with van der Waals surface area (Å²) in [4.78, 5) is 13.2. The van der Waals surface area contributed by atoms with Gasteiger partial charge in [-0.2, -0.15) is 5.26 Å². The summed E-state index contributed by atoms with van der Waals surface area (Å²) >= 11 is 1.62. The Balaban J connectivity index is 2.09. The number of nitriles is 1. The van der Waals surface area contributed by atoms with E-state index in [4.69, 9.17) is 11.5 Å². The quantitative estimate of drug-likeness (QED) is 0.648. The van der Waals surface area contributed by atoms with Gasteiger partial charge in [-0.1, -0.05) is 18.7 Å². The van der Waals surface area contributed by atoms with Gasteiger partial charge in [0.1, 0.15) is 17.5 Å². The van der Waals surface area contributed by atoms with Gasteiger partial charge in [0.15, 0.2) is 5.16 Å². The number of fused-ring (bicyclic) bond motifs is 1. The predicted octanol–water partition coefficient (Wildman–Crippen LogP) is 2.31. The summed E-state index contributed by atoms with van der Waals surface area (Å²) in [6, 6.07) is 2.26. The standard InChI is InChI=1S/C17H20N6S/c1-2-5-24-17-21-8-10(9-22-17)15-12-6-11(19)3-4-14(12)23-16(20)13(15)7-18/h8-9,11H,2-6,19H2,1H3,(H2,20,23). The van der Waals surface area contributed by atoms with Crippen LogP contribution in [0.2, 0.25) is 0 Å². The molecule has 2 heterocycles. The third kappa shape index (κ3) is 3.21. The highest BCUT2D eigenvalue weighted by molar-refractivity contribution is 7.99. The van der Waals surface area contributed by atoms with Crippen molar-refractivity contribution in [1.82, 2.24) is 15.0 Å². The monoisotopic (exact) mass is 340 g/mol. The Morgan fingerprint density at radius 1 is 1.38 bits per heavy atom. The van der Waals surface area contributed by atoms with E-state index < -0.39 is 0 Å². The van der Waals surface area contributed by atoms with E-state index in [9.17, 15) is 5.26 Å². The van der Waals surface area contributed by atoms with Crippen LogP contribution in [0.1, 0.15) is 36.6 Å². The average molecular weight is 340 g/mol. The first kappa shape index (κ1) is 16.7. The molecule has 0 fully saturated rings. The number of aryl methyl sites for hydroxylation is 1. The van der Waals surface area contributed by atoms with E-state index in [-0.39, 0.29) is 11.9 Å². The van der Waals surface area contributed by atoms with E-state index in [0.717, 1.165) is 52.6 Å². The third-order valence-electron chi connectivity index (χ3n) is 4.09. The minimum Gasteiger partial charge on any atom is -0.383 e. The van der Waals surface area contributed by atoms with Crippen LogP contribution >= 0.6 is 11.8 Å². The van der Waals surface area contributed by atoms with Crippen molar-refractivity contribution in [2.75, 3.05) is 11.5 Å². The molecular weight excluding hydrogens is 320 g/mol. The summed E-state index contributed by atoms with van der Waals surface area (Å²) in [5, 5.41) is 10.3. The van der Waals surface area contributed by atoms with Gasteiger partial charge in [0, 0.05) is 41.0 Å². The Morgan fingerprint density at radius 2 is 2.12 bits per heavy atom. The van der Waals surface area contributed by atoms with Crippen molar-refractivity contribution in [1.29, 1.82) is 5.26 Å². The molecular formula is C17H20N6S. The van der Waals surface area contributed by atoms with Crippen LogP contribution in [0, 0.1) is 11.3 Å². The van der Waals surface area contributed by atoms with E-state index >= 15 is 0 Å². The molecule has 24 heavy (non-hydrogen) atoms. The van der Waals surface area contributed by atoms with Gasteiger partial charge < -0.3 is 11.5 Å². The Labute approximate surface area is 145 Å². The molecule has 3 rings (SSSR count). The molecule has 0 saturated carbocycles. The zero-order valence-electron chi connectivity index (χ0n) is 13.6. The van der Waals surface area contributed by atoms with Crippen molar-refractivity contribution in [3.8, 4) is 17.2 Å². The maximum absolute atomic E-state index is 9.55. The number of aromatic nitrogens is 3. The highest BCUT2D eigenvalue weighted by Crippen LogP contribution is 2.35. The van der Waals surface area contributed by atoms with Crippen molar-refractivity contribution >= 4 is 17.6 Å². The van der Waals surface area contributed by atoms with Crippen LogP contribution in [0.5, 0.6) is 0 Å². The van der Waals surface area contributed by atoms with Crippen LogP contribution in [0.15, 0.2) is 17.6 Å². The number of rotatable bonds is 4. The Morgan fingerprint density at radius 3 is 2.79 bits per heavy atom. The van der Waals surface area contributed by atoms with Crippen molar-refractivity contribution in [3.63, 3.8) is 0 Å². The summed E-state index contributed by atoms with van der Waals surface area (Å²) in [6.07, 6.45) is 6.96. The zero-order valence-corrected chi connectivity index (χ0v) is 14.4. The van der Waals surface area contributed by atoms with Gasteiger partial charge in [-0.3, -0.25) is 0 Å². The molecule has 0 aromatic carbocycles. The third-order valence-corrected chi connectivity index (χ3v) is 5.18. The molecule has 0 spiro atoms.